The van der Waals surface area contributed by atoms with Crippen molar-refractivity contribution in [3.05, 3.63) is 28.3 Å². The normalized spacial score (nSPS) is 24.5. The van der Waals surface area contributed by atoms with Gasteiger partial charge in [-0.1, -0.05) is 11.6 Å². The molecule has 1 saturated heterocycles. The minimum absolute atomic E-state index is 0.0843. The van der Waals surface area contributed by atoms with Gasteiger partial charge < -0.3 is 15.1 Å². The van der Waals surface area contributed by atoms with Crippen molar-refractivity contribution in [1.82, 2.24) is 9.88 Å². The Labute approximate surface area is 137 Å². The highest BCUT2D eigenvalue weighted by Gasteiger charge is 2.45. The minimum Gasteiger partial charge on any atom is -0.481 e. The summed E-state index contributed by atoms with van der Waals surface area (Å²) in [6.07, 6.45) is -0.629. The maximum Gasteiger partial charge on any atom is 0.407 e. The van der Waals surface area contributed by atoms with Crippen LogP contribution in [0.4, 0.5) is 9.18 Å². The van der Waals surface area contributed by atoms with Crippen LogP contribution in [0.3, 0.4) is 0 Å². The molecule has 1 aliphatic rings. The van der Waals surface area contributed by atoms with E-state index in [1.165, 1.54) is 17.9 Å². The van der Waals surface area contributed by atoms with Gasteiger partial charge in [0, 0.05) is 24.7 Å². The van der Waals surface area contributed by atoms with Crippen molar-refractivity contribution in [3.8, 4) is 0 Å². The molecular formula is C15H18ClFN2O4. The van der Waals surface area contributed by atoms with Gasteiger partial charge in [-0.05, 0) is 38.3 Å². The van der Waals surface area contributed by atoms with Gasteiger partial charge in [0.05, 0.1) is 5.41 Å². The van der Waals surface area contributed by atoms with Crippen LogP contribution in [0, 0.1) is 18.2 Å². The minimum atomic E-state index is -1.13. The highest BCUT2D eigenvalue weighted by atomic mass is 35.5. The van der Waals surface area contributed by atoms with Gasteiger partial charge in [0.2, 0.25) is 0 Å². The summed E-state index contributed by atoms with van der Waals surface area (Å²) < 4.78 is 13.6. The van der Waals surface area contributed by atoms with E-state index in [1.54, 1.807) is 6.92 Å². The average molecular weight is 345 g/mol. The smallest absolute Gasteiger partial charge is 0.407 e. The zero-order chi connectivity index (χ0) is 17.4. The number of hydrogen-bond acceptors (Lipinski definition) is 3. The Bertz CT molecular complexity index is 631. The monoisotopic (exact) mass is 344 g/mol. The van der Waals surface area contributed by atoms with Gasteiger partial charge in [0.25, 0.3) is 0 Å². The molecule has 1 aliphatic heterocycles. The Morgan fingerprint density at radius 2 is 2.17 bits per heavy atom. The van der Waals surface area contributed by atoms with Gasteiger partial charge in [0.15, 0.2) is 11.0 Å². The fraction of sp³-hybridized carbons (Fsp3) is 0.533. The molecule has 0 bridgehead atoms. The van der Waals surface area contributed by atoms with E-state index >= 15 is 0 Å². The fourth-order valence-corrected chi connectivity index (χ4v) is 3.43. The topological polar surface area (TPSA) is 90.7 Å². The van der Waals surface area contributed by atoms with Crippen LogP contribution in [-0.4, -0.2) is 44.7 Å². The second kappa shape index (κ2) is 6.31. The van der Waals surface area contributed by atoms with E-state index in [1.807, 2.05) is 0 Å². The number of carboxylic acid groups (broad SMARTS) is 2. The molecule has 1 aromatic rings. The first-order valence-corrected chi connectivity index (χ1v) is 7.58. The molecule has 2 atom stereocenters. The summed E-state index contributed by atoms with van der Waals surface area (Å²) in [5, 5.41) is 18.5. The molecule has 23 heavy (non-hydrogen) atoms. The molecule has 1 amide bonds. The average Bonchev–Trinajstić information content (AvgIpc) is 2.44. The largest absolute Gasteiger partial charge is 0.481 e. The molecule has 1 aromatic heterocycles. The first-order chi connectivity index (χ1) is 10.7. The van der Waals surface area contributed by atoms with E-state index in [-0.39, 0.29) is 31.0 Å². The van der Waals surface area contributed by atoms with Crippen molar-refractivity contribution in [3.63, 3.8) is 0 Å². The number of nitrogens with zero attached hydrogens (tertiary/aromatic N) is 2. The highest BCUT2D eigenvalue weighted by molar-refractivity contribution is 6.29. The van der Waals surface area contributed by atoms with E-state index in [4.69, 9.17) is 16.7 Å². The number of carbonyl (C=O) groups is 2. The predicted octanol–water partition coefficient (Wildman–Crippen LogP) is 2.96. The van der Waals surface area contributed by atoms with Crippen molar-refractivity contribution >= 4 is 23.7 Å². The van der Waals surface area contributed by atoms with Gasteiger partial charge in [0.1, 0.15) is 0 Å². The van der Waals surface area contributed by atoms with Crippen LogP contribution < -0.4 is 0 Å². The summed E-state index contributed by atoms with van der Waals surface area (Å²) in [5.74, 6) is -1.62. The van der Waals surface area contributed by atoms with Gasteiger partial charge >= 0.3 is 12.1 Å². The van der Waals surface area contributed by atoms with E-state index in [0.717, 1.165) is 0 Å². The predicted molar refractivity (Wildman–Crippen MR) is 81.1 cm³/mol. The van der Waals surface area contributed by atoms with Crippen LogP contribution in [0.15, 0.2) is 6.07 Å². The fourth-order valence-electron chi connectivity index (χ4n) is 3.17. The lowest BCUT2D eigenvalue weighted by molar-refractivity contribution is -0.153. The summed E-state index contributed by atoms with van der Waals surface area (Å²) in [5.41, 5.74) is -0.435. The SMILES string of the molecule is Cc1cc(CC2(C(=O)O)CCN(C(=O)O)[C@H](C)C2)nc(Cl)c1F. The highest BCUT2D eigenvalue weighted by Crippen LogP contribution is 2.38. The van der Waals surface area contributed by atoms with E-state index in [2.05, 4.69) is 4.98 Å². The number of carboxylic acids is 1. The third-order valence-corrected chi connectivity index (χ3v) is 4.67. The van der Waals surface area contributed by atoms with Crippen LogP contribution in [-0.2, 0) is 11.2 Å². The number of likely N-dealkylation sites (tertiary alicyclic amines) is 1. The van der Waals surface area contributed by atoms with E-state index < -0.39 is 29.3 Å². The Morgan fingerprint density at radius 3 is 2.65 bits per heavy atom. The molecule has 2 N–H and O–H groups in total. The number of hydrogen-bond donors (Lipinski definition) is 2. The number of rotatable bonds is 3. The summed E-state index contributed by atoms with van der Waals surface area (Å²) in [4.78, 5) is 28.1. The Balaban J connectivity index is 2.30. The zero-order valence-corrected chi connectivity index (χ0v) is 13.6. The number of piperidine rings is 1. The van der Waals surface area contributed by atoms with E-state index in [9.17, 15) is 19.1 Å². The second-order valence-corrected chi connectivity index (χ2v) is 6.43. The van der Waals surface area contributed by atoms with Crippen LogP contribution in [0.25, 0.3) is 0 Å². The van der Waals surface area contributed by atoms with E-state index in [0.29, 0.717) is 11.3 Å². The van der Waals surface area contributed by atoms with Gasteiger partial charge in [-0.25, -0.2) is 14.2 Å². The molecule has 1 unspecified atom stereocenters. The van der Waals surface area contributed by atoms with Gasteiger partial charge in [-0.15, -0.1) is 0 Å². The summed E-state index contributed by atoms with van der Waals surface area (Å²) in [7, 11) is 0. The number of aliphatic carboxylic acids is 1. The summed E-state index contributed by atoms with van der Waals surface area (Å²) in [6.45, 7) is 3.35. The number of halogens is 2. The molecule has 1 fully saturated rings. The lowest BCUT2D eigenvalue weighted by atomic mass is 9.72. The zero-order valence-electron chi connectivity index (χ0n) is 12.8. The first-order valence-electron chi connectivity index (χ1n) is 7.21. The van der Waals surface area contributed by atoms with Crippen molar-refractivity contribution in [1.29, 1.82) is 0 Å². The Hall–Kier alpha value is -1.89. The van der Waals surface area contributed by atoms with Crippen LogP contribution in [0.5, 0.6) is 0 Å². The molecule has 6 nitrogen and oxygen atoms in total. The van der Waals surface area contributed by atoms with Crippen molar-refractivity contribution in [2.24, 2.45) is 5.41 Å². The van der Waals surface area contributed by atoms with Crippen molar-refractivity contribution < 1.29 is 24.2 Å². The third kappa shape index (κ3) is 3.39. The molecule has 0 spiro atoms. The standard InChI is InChI=1S/C15H18ClFN2O4/c1-8-5-10(18-12(16)11(8)17)7-15(13(20)21)3-4-19(14(22)23)9(2)6-15/h5,9H,3-4,6-7H2,1-2H3,(H,20,21)(H,22,23)/t9-,15?/m1/s1. The molecule has 0 saturated carbocycles. The lowest BCUT2D eigenvalue weighted by Gasteiger charge is -2.41. The van der Waals surface area contributed by atoms with Crippen molar-refractivity contribution in [2.75, 3.05) is 6.54 Å². The molecule has 0 radical (unpaired) electrons. The molecule has 0 aliphatic carbocycles. The van der Waals surface area contributed by atoms with Crippen LogP contribution in [0.2, 0.25) is 5.15 Å². The number of aryl methyl sites for hydroxylation is 1. The Kier molecular flexibility index (Phi) is 4.79. The van der Waals surface area contributed by atoms with Crippen molar-refractivity contribution in [2.45, 2.75) is 39.2 Å². The summed E-state index contributed by atoms with van der Waals surface area (Å²) >= 11 is 5.74. The number of amides is 1. The Morgan fingerprint density at radius 1 is 1.52 bits per heavy atom. The second-order valence-electron chi connectivity index (χ2n) is 6.08. The first kappa shape index (κ1) is 17.5. The third-order valence-electron chi connectivity index (χ3n) is 4.42. The maximum absolute atomic E-state index is 13.6. The molecule has 2 rings (SSSR count). The molecule has 126 valence electrons. The summed E-state index contributed by atoms with van der Waals surface area (Å²) in [6, 6.07) is 1.06. The molecule has 0 aromatic carbocycles. The van der Waals surface area contributed by atoms with Crippen LogP contribution >= 0.6 is 11.6 Å². The molecular weight excluding hydrogens is 327 g/mol. The molecule has 8 heteroatoms. The maximum atomic E-state index is 13.6. The van der Waals surface area contributed by atoms with Gasteiger partial charge in [-0.3, -0.25) is 4.79 Å². The van der Waals surface area contributed by atoms with Gasteiger partial charge in [-0.2, -0.15) is 0 Å². The lowest BCUT2D eigenvalue weighted by Crippen LogP contribution is -2.51. The number of aromatic nitrogens is 1. The quantitative estimate of drug-likeness (QED) is 0.823. The number of pyridine rings is 1. The molecule has 2 heterocycles. The van der Waals surface area contributed by atoms with Crippen LogP contribution in [0.1, 0.15) is 31.0 Å².